The van der Waals surface area contributed by atoms with E-state index < -0.39 is 0 Å². The average molecular weight is 336 g/mol. The van der Waals surface area contributed by atoms with Crippen molar-refractivity contribution in [3.63, 3.8) is 0 Å². The Kier molecular flexibility index (Phi) is 6.73. The normalized spacial score (nSPS) is 15.8. The fraction of sp³-hybridized carbons (Fsp3) is 0.611. The summed E-state index contributed by atoms with van der Waals surface area (Å²) >= 11 is 0. The van der Waals surface area contributed by atoms with Gasteiger partial charge in [-0.2, -0.15) is 0 Å². The standard InChI is InChI=1S/C18H28N2O4/c1-13(12-20-9-5-6-10-20)11-19-18(21)14-7-8-15(22-2)17(24-4)16(14)23-3/h7-8,13H,5-6,9-12H2,1-4H3,(H,19,21). The Labute approximate surface area is 144 Å². The molecule has 1 heterocycles. The number of methoxy groups -OCH3 is 3. The second-order valence-corrected chi connectivity index (χ2v) is 6.20. The molecule has 1 aliphatic rings. The molecule has 134 valence electrons. The molecular weight excluding hydrogens is 308 g/mol. The first kappa shape index (κ1) is 18.4. The smallest absolute Gasteiger partial charge is 0.255 e. The number of hydrogen-bond acceptors (Lipinski definition) is 5. The Balaban J connectivity index is 2.00. The second kappa shape index (κ2) is 8.78. The van der Waals surface area contributed by atoms with E-state index >= 15 is 0 Å². The highest BCUT2D eigenvalue weighted by Gasteiger charge is 2.21. The van der Waals surface area contributed by atoms with Crippen LogP contribution in [0, 0.1) is 5.92 Å². The van der Waals surface area contributed by atoms with Crippen molar-refractivity contribution in [3.05, 3.63) is 17.7 Å². The zero-order valence-electron chi connectivity index (χ0n) is 15.1. The number of ether oxygens (including phenoxy) is 3. The van der Waals surface area contributed by atoms with Gasteiger partial charge in [-0.1, -0.05) is 6.92 Å². The molecule has 6 heteroatoms. The van der Waals surface area contributed by atoms with Gasteiger partial charge in [0.25, 0.3) is 5.91 Å². The third-order valence-electron chi connectivity index (χ3n) is 4.33. The first-order chi connectivity index (χ1) is 11.6. The molecule has 1 saturated heterocycles. The molecule has 1 atom stereocenters. The third kappa shape index (κ3) is 4.32. The number of amides is 1. The summed E-state index contributed by atoms with van der Waals surface area (Å²) in [6.45, 7) is 6.14. The highest BCUT2D eigenvalue weighted by molar-refractivity contribution is 5.98. The molecule has 0 saturated carbocycles. The van der Waals surface area contributed by atoms with Crippen molar-refractivity contribution in [2.45, 2.75) is 19.8 Å². The van der Waals surface area contributed by atoms with E-state index in [0.717, 1.165) is 6.54 Å². The van der Waals surface area contributed by atoms with Crippen LogP contribution in [0.2, 0.25) is 0 Å². The fourth-order valence-corrected chi connectivity index (χ4v) is 3.11. The van der Waals surface area contributed by atoms with Gasteiger partial charge in [-0.3, -0.25) is 4.79 Å². The Hall–Kier alpha value is -1.95. The van der Waals surface area contributed by atoms with Crippen LogP contribution in [0.1, 0.15) is 30.1 Å². The summed E-state index contributed by atoms with van der Waals surface area (Å²) in [6.07, 6.45) is 2.56. The topological polar surface area (TPSA) is 60.0 Å². The molecule has 1 aliphatic heterocycles. The van der Waals surface area contributed by atoms with Crippen molar-refractivity contribution in [2.75, 3.05) is 47.5 Å². The van der Waals surface area contributed by atoms with Crippen LogP contribution in [0.5, 0.6) is 17.2 Å². The highest BCUT2D eigenvalue weighted by Crippen LogP contribution is 2.39. The zero-order valence-corrected chi connectivity index (χ0v) is 15.1. The van der Waals surface area contributed by atoms with Crippen molar-refractivity contribution in [3.8, 4) is 17.2 Å². The van der Waals surface area contributed by atoms with Crippen LogP contribution in [0.4, 0.5) is 0 Å². The van der Waals surface area contributed by atoms with Gasteiger partial charge in [0.05, 0.1) is 26.9 Å². The van der Waals surface area contributed by atoms with Crippen LogP contribution >= 0.6 is 0 Å². The predicted octanol–water partition coefficient (Wildman–Crippen LogP) is 2.17. The molecule has 1 aromatic carbocycles. The van der Waals surface area contributed by atoms with Gasteiger partial charge in [-0.05, 0) is 44.0 Å². The number of nitrogens with one attached hydrogen (secondary N) is 1. The summed E-state index contributed by atoms with van der Waals surface area (Å²) in [5.41, 5.74) is 0.448. The molecule has 1 fully saturated rings. The first-order valence-electron chi connectivity index (χ1n) is 8.40. The van der Waals surface area contributed by atoms with E-state index in [-0.39, 0.29) is 5.91 Å². The molecule has 0 spiro atoms. The Morgan fingerprint density at radius 1 is 1.12 bits per heavy atom. The summed E-state index contributed by atoms with van der Waals surface area (Å²) in [7, 11) is 4.60. The van der Waals surface area contributed by atoms with Gasteiger partial charge in [0.1, 0.15) is 0 Å². The molecule has 0 radical (unpaired) electrons. The number of hydrogen-bond donors (Lipinski definition) is 1. The van der Waals surface area contributed by atoms with E-state index in [2.05, 4.69) is 17.1 Å². The number of carbonyl (C=O) groups excluding carboxylic acids is 1. The Morgan fingerprint density at radius 2 is 1.79 bits per heavy atom. The van der Waals surface area contributed by atoms with Crippen molar-refractivity contribution < 1.29 is 19.0 Å². The maximum Gasteiger partial charge on any atom is 0.255 e. The first-order valence-corrected chi connectivity index (χ1v) is 8.40. The highest BCUT2D eigenvalue weighted by atomic mass is 16.5. The van der Waals surface area contributed by atoms with Crippen molar-refractivity contribution in [2.24, 2.45) is 5.92 Å². The van der Waals surface area contributed by atoms with E-state index in [1.807, 2.05) is 0 Å². The molecule has 0 aliphatic carbocycles. The fourth-order valence-electron chi connectivity index (χ4n) is 3.11. The van der Waals surface area contributed by atoms with Crippen LogP contribution in [0.3, 0.4) is 0 Å². The summed E-state index contributed by atoms with van der Waals surface area (Å²) in [5.74, 6) is 1.59. The SMILES string of the molecule is COc1ccc(C(=O)NCC(C)CN2CCCC2)c(OC)c1OC. The number of carbonyl (C=O) groups is 1. The van der Waals surface area contributed by atoms with Crippen molar-refractivity contribution in [1.82, 2.24) is 10.2 Å². The van der Waals surface area contributed by atoms with E-state index in [1.165, 1.54) is 40.2 Å². The number of benzene rings is 1. The molecule has 0 bridgehead atoms. The zero-order chi connectivity index (χ0) is 17.5. The molecule has 2 rings (SSSR count). The van der Waals surface area contributed by atoms with Gasteiger partial charge >= 0.3 is 0 Å². The lowest BCUT2D eigenvalue weighted by atomic mass is 10.1. The quantitative estimate of drug-likeness (QED) is 0.788. The molecule has 1 aromatic rings. The monoisotopic (exact) mass is 336 g/mol. The summed E-state index contributed by atoms with van der Waals surface area (Å²) < 4.78 is 15.9. The molecule has 6 nitrogen and oxygen atoms in total. The second-order valence-electron chi connectivity index (χ2n) is 6.20. The lowest BCUT2D eigenvalue weighted by molar-refractivity contribution is 0.0941. The van der Waals surface area contributed by atoms with Crippen molar-refractivity contribution >= 4 is 5.91 Å². The molecule has 1 unspecified atom stereocenters. The molecule has 0 aromatic heterocycles. The number of rotatable bonds is 8. The Morgan fingerprint density at radius 3 is 2.38 bits per heavy atom. The maximum absolute atomic E-state index is 12.5. The minimum atomic E-state index is -0.166. The van der Waals surface area contributed by atoms with Gasteiger partial charge in [0.15, 0.2) is 11.5 Å². The molecular formula is C18H28N2O4. The lowest BCUT2D eigenvalue weighted by Crippen LogP contribution is -2.34. The van der Waals surface area contributed by atoms with Gasteiger partial charge in [0, 0.05) is 13.1 Å². The maximum atomic E-state index is 12.5. The van der Waals surface area contributed by atoms with E-state index in [9.17, 15) is 4.79 Å². The lowest BCUT2D eigenvalue weighted by Gasteiger charge is -2.21. The largest absolute Gasteiger partial charge is 0.493 e. The number of nitrogens with zero attached hydrogens (tertiary/aromatic N) is 1. The number of likely N-dealkylation sites (tertiary alicyclic amines) is 1. The van der Waals surface area contributed by atoms with Gasteiger partial charge < -0.3 is 24.4 Å². The van der Waals surface area contributed by atoms with Crippen LogP contribution in [-0.2, 0) is 0 Å². The minimum Gasteiger partial charge on any atom is -0.493 e. The van der Waals surface area contributed by atoms with E-state index in [4.69, 9.17) is 14.2 Å². The third-order valence-corrected chi connectivity index (χ3v) is 4.33. The predicted molar refractivity (Wildman–Crippen MR) is 93.3 cm³/mol. The molecule has 1 N–H and O–H groups in total. The van der Waals surface area contributed by atoms with Crippen molar-refractivity contribution in [1.29, 1.82) is 0 Å². The summed E-state index contributed by atoms with van der Waals surface area (Å²) in [5, 5.41) is 2.99. The van der Waals surface area contributed by atoms with Crippen LogP contribution in [0.25, 0.3) is 0 Å². The molecule has 1 amide bonds. The van der Waals surface area contributed by atoms with Crippen LogP contribution < -0.4 is 19.5 Å². The Bertz CT molecular complexity index is 556. The van der Waals surface area contributed by atoms with E-state index in [0.29, 0.717) is 35.3 Å². The van der Waals surface area contributed by atoms with E-state index in [1.54, 1.807) is 19.2 Å². The summed E-state index contributed by atoms with van der Waals surface area (Å²) in [6, 6.07) is 3.41. The molecule has 24 heavy (non-hydrogen) atoms. The van der Waals surface area contributed by atoms with Crippen LogP contribution in [0.15, 0.2) is 12.1 Å². The van der Waals surface area contributed by atoms with Crippen LogP contribution in [-0.4, -0.2) is 58.3 Å². The van der Waals surface area contributed by atoms with Gasteiger partial charge in [0.2, 0.25) is 5.75 Å². The minimum absolute atomic E-state index is 0.166. The van der Waals surface area contributed by atoms with Gasteiger partial charge in [-0.15, -0.1) is 0 Å². The van der Waals surface area contributed by atoms with Gasteiger partial charge in [-0.25, -0.2) is 0 Å². The average Bonchev–Trinajstić information content (AvgIpc) is 3.10. The summed E-state index contributed by atoms with van der Waals surface area (Å²) in [4.78, 5) is 15.0.